The summed E-state index contributed by atoms with van der Waals surface area (Å²) in [6.45, 7) is 2.44. The fourth-order valence-electron chi connectivity index (χ4n) is 2.70. The van der Waals surface area contributed by atoms with Crippen molar-refractivity contribution in [3.8, 4) is 5.75 Å². The molecule has 0 saturated carbocycles. The largest absolute Gasteiger partial charge is 0.495 e. The van der Waals surface area contributed by atoms with Gasteiger partial charge in [0.1, 0.15) is 11.3 Å². The maximum Gasteiger partial charge on any atom is 0.317 e. The molecule has 0 aliphatic carbocycles. The smallest absolute Gasteiger partial charge is 0.317 e. The van der Waals surface area contributed by atoms with E-state index in [-0.39, 0.29) is 18.5 Å². The monoisotopic (exact) mass is 376 g/mol. The lowest BCUT2D eigenvalue weighted by atomic mass is 10.2. The van der Waals surface area contributed by atoms with E-state index in [1.54, 1.807) is 12.0 Å². The van der Waals surface area contributed by atoms with Gasteiger partial charge in [0.2, 0.25) is 11.0 Å². The first-order valence-electron chi connectivity index (χ1n) is 8.14. The SMILES string of the molecule is COc1ccccc1N1CCN(C(=O)NCC(=O)Nc2nncs2)CC1. The molecule has 1 saturated heterocycles. The van der Waals surface area contributed by atoms with Gasteiger partial charge in [-0.25, -0.2) is 4.79 Å². The maximum atomic E-state index is 12.2. The summed E-state index contributed by atoms with van der Waals surface area (Å²) in [6, 6.07) is 7.57. The number of anilines is 2. The van der Waals surface area contributed by atoms with E-state index < -0.39 is 0 Å². The lowest BCUT2D eigenvalue weighted by Crippen LogP contribution is -2.52. The topological polar surface area (TPSA) is 99.7 Å². The summed E-state index contributed by atoms with van der Waals surface area (Å²) < 4.78 is 5.39. The molecule has 0 atom stereocenters. The summed E-state index contributed by atoms with van der Waals surface area (Å²) in [5.41, 5.74) is 2.54. The van der Waals surface area contributed by atoms with E-state index >= 15 is 0 Å². The van der Waals surface area contributed by atoms with Gasteiger partial charge in [0.05, 0.1) is 19.3 Å². The Hall–Kier alpha value is -2.88. The molecule has 1 fully saturated rings. The molecular weight excluding hydrogens is 356 g/mol. The van der Waals surface area contributed by atoms with Crippen LogP contribution in [0.4, 0.5) is 15.6 Å². The average Bonchev–Trinajstić information content (AvgIpc) is 3.19. The van der Waals surface area contributed by atoms with Crippen LogP contribution >= 0.6 is 11.3 Å². The number of nitrogens with zero attached hydrogens (tertiary/aromatic N) is 4. The standard InChI is InChI=1S/C16H20N6O3S/c1-25-13-5-3-2-4-12(13)21-6-8-22(9-7-21)16(24)17-10-14(23)19-15-20-18-11-26-15/h2-5,11H,6-10H2,1H3,(H,17,24)(H,19,20,23). The molecule has 3 amide bonds. The number of para-hydroxylation sites is 2. The van der Waals surface area contributed by atoms with Gasteiger partial charge in [0, 0.05) is 26.2 Å². The molecule has 9 nitrogen and oxygen atoms in total. The van der Waals surface area contributed by atoms with Crippen LogP contribution in [0.2, 0.25) is 0 Å². The molecule has 0 spiro atoms. The minimum absolute atomic E-state index is 0.106. The number of nitrogens with one attached hydrogen (secondary N) is 2. The Kier molecular flexibility index (Phi) is 5.84. The van der Waals surface area contributed by atoms with Gasteiger partial charge in [0.25, 0.3) is 0 Å². The van der Waals surface area contributed by atoms with Gasteiger partial charge >= 0.3 is 6.03 Å². The van der Waals surface area contributed by atoms with E-state index in [1.165, 1.54) is 16.8 Å². The summed E-state index contributed by atoms with van der Waals surface area (Å²) in [5.74, 6) is 0.488. The average molecular weight is 376 g/mol. The molecule has 0 bridgehead atoms. The minimum atomic E-state index is -0.331. The van der Waals surface area contributed by atoms with Gasteiger partial charge < -0.3 is 19.9 Å². The Morgan fingerprint density at radius 3 is 2.69 bits per heavy atom. The molecular formula is C16H20N6O3S. The van der Waals surface area contributed by atoms with E-state index in [4.69, 9.17) is 4.74 Å². The van der Waals surface area contributed by atoms with Gasteiger partial charge in [-0.3, -0.25) is 10.1 Å². The van der Waals surface area contributed by atoms with Crippen LogP contribution in [0.3, 0.4) is 0 Å². The molecule has 2 N–H and O–H groups in total. The second-order valence-corrected chi connectivity index (χ2v) is 6.43. The predicted octanol–water partition coefficient (Wildman–Crippen LogP) is 1.02. The number of ether oxygens (including phenoxy) is 1. The third-order valence-corrected chi connectivity index (χ3v) is 4.61. The summed E-state index contributed by atoms with van der Waals surface area (Å²) >= 11 is 1.22. The molecule has 26 heavy (non-hydrogen) atoms. The van der Waals surface area contributed by atoms with E-state index in [0.717, 1.165) is 11.4 Å². The van der Waals surface area contributed by atoms with Crippen molar-refractivity contribution in [2.75, 3.05) is 50.1 Å². The summed E-state index contributed by atoms with van der Waals surface area (Å²) in [5, 5.41) is 13.0. The Morgan fingerprint density at radius 2 is 2.00 bits per heavy atom. The molecule has 2 aromatic rings. The lowest BCUT2D eigenvalue weighted by Gasteiger charge is -2.36. The second-order valence-electron chi connectivity index (χ2n) is 5.60. The number of benzene rings is 1. The number of hydrogen-bond acceptors (Lipinski definition) is 7. The fourth-order valence-corrected chi connectivity index (χ4v) is 3.16. The quantitative estimate of drug-likeness (QED) is 0.808. The number of hydrogen-bond donors (Lipinski definition) is 2. The number of carbonyl (C=O) groups excluding carboxylic acids is 2. The van der Waals surface area contributed by atoms with Crippen LogP contribution < -0.4 is 20.3 Å². The number of aromatic nitrogens is 2. The molecule has 10 heteroatoms. The van der Waals surface area contributed by atoms with Crippen molar-refractivity contribution >= 4 is 34.1 Å². The van der Waals surface area contributed by atoms with Crippen molar-refractivity contribution in [3.63, 3.8) is 0 Å². The highest BCUT2D eigenvalue weighted by Gasteiger charge is 2.23. The highest BCUT2D eigenvalue weighted by atomic mass is 32.1. The van der Waals surface area contributed by atoms with Crippen molar-refractivity contribution in [3.05, 3.63) is 29.8 Å². The zero-order valence-corrected chi connectivity index (χ0v) is 15.2. The molecule has 0 unspecified atom stereocenters. The van der Waals surface area contributed by atoms with E-state index in [2.05, 4.69) is 25.7 Å². The summed E-state index contributed by atoms with van der Waals surface area (Å²) in [6.07, 6.45) is 0. The van der Waals surface area contributed by atoms with Crippen molar-refractivity contribution in [2.45, 2.75) is 0 Å². The lowest BCUT2D eigenvalue weighted by molar-refractivity contribution is -0.115. The Balaban J connectivity index is 1.45. The highest BCUT2D eigenvalue weighted by molar-refractivity contribution is 7.13. The van der Waals surface area contributed by atoms with Crippen LogP contribution in [0.1, 0.15) is 0 Å². The number of urea groups is 1. The molecule has 3 rings (SSSR count). The fraction of sp³-hybridized carbons (Fsp3) is 0.375. The number of methoxy groups -OCH3 is 1. The van der Waals surface area contributed by atoms with Gasteiger partial charge in [-0.1, -0.05) is 23.5 Å². The number of piperazine rings is 1. The highest BCUT2D eigenvalue weighted by Crippen LogP contribution is 2.28. The summed E-state index contributed by atoms with van der Waals surface area (Å²) in [7, 11) is 1.65. The zero-order chi connectivity index (χ0) is 18.4. The Labute approximate surface area is 155 Å². The van der Waals surface area contributed by atoms with Crippen LogP contribution in [-0.4, -0.2) is 66.9 Å². The van der Waals surface area contributed by atoms with Crippen molar-refractivity contribution in [1.29, 1.82) is 0 Å². The third-order valence-electron chi connectivity index (χ3n) is 4.00. The zero-order valence-electron chi connectivity index (χ0n) is 14.3. The Morgan fingerprint density at radius 1 is 1.23 bits per heavy atom. The molecule has 0 radical (unpaired) electrons. The summed E-state index contributed by atoms with van der Waals surface area (Å²) in [4.78, 5) is 27.9. The van der Waals surface area contributed by atoms with Crippen LogP contribution in [0, 0.1) is 0 Å². The van der Waals surface area contributed by atoms with Crippen molar-refractivity contribution < 1.29 is 14.3 Å². The van der Waals surface area contributed by atoms with Gasteiger partial charge in [-0.2, -0.15) is 0 Å². The molecule has 1 aromatic carbocycles. The first-order valence-corrected chi connectivity index (χ1v) is 9.02. The molecule has 1 aromatic heterocycles. The van der Waals surface area contributed by atoms with Crippen LogP contribution in [0.25, 0.3) is 0 Å². The van der Waals surface area contributed by atoms with Crippen LogP contribution in [0.5, 0.6) is 5.75 Å². The first-order chi connectivity index (χ1) is 12.7. The van der Waals surface area contributed by atoms with Crippen molar-refractivity contribution in [1.82, 2.24) is 20.4 Å². The van der Waals surface area contributed by atoms with Gasteiger partial charge in [0.15, 0.2) is 0 Å². The third kappa shape index (κ3) is 4.39. The van der Waals surface area contributed by atoms with Crippen LogP contribution in [0.15, 0.2) is 29.8 Å². The number of carbonyl (C=O) groups is 2. The second kappa shape index (κ2) is 8.48. The predicted molar refractivity (Wildman–Crippen MR) is 98.7 cm³/mol. The van der Waals surface area contributed by atoms with Gasteiger partial charge in [-0.15, -0.1) is 10.2 Å². The maximum absolute atomic E-state index is 12.2. The van der Waals surface area contributed by atoms with Gasteiger partial charge in [-0.05, 0) is 12.1 Å². The Bertz CT molecular complexity index is 746. The van der Waals surface area contributed by atoms with E-state index in [0.29, 0.717) is 31.3 Å². The molecule has 1 aliphatic rings. The normalized spacial score (nSPS) is 14.0. The molecule has 138 valence electrons. The van der Waals surface area contributed by atoms with Crippen molar-refractivity contribution in [2.24, 2.45) is 0 Å². The minimum Gasteiger partial charge on any atom is -0.495 e. The number of rotatable bonds is 5. The molecule has 2 heterocycles. The van der Waals surface area contributed by atoms with E-state index in [1.807, 2.05) is 24.3 Å². The van der Waals surface area contributed by atoms with E-state index in [9.17, 15) is 9.59 Å². The van der Waals surface area contributed by atoms with Crippen LogP contribution in [-0.2, 0) is 4.79 Å². The number of amides is 3. The first kappa shape index (κ1) is 17.9. The molecule has 1 aliphatic heterocycles.